The molecular weight excluding hydrogens is 260 g/mol. The van der Waals surface area contributed by atoms with Crippen molar-refractivity contribution < 1.29 is 0 Å². The molecule has 0 fully saturated rings. The third-order valence-electron chi connectivity index (χ3n) is 3.91. The van der Waals surface area contributed by atoms with Crippen molar-refractivity contribution in [3.63, 3.8) is 0 Å². The average molecular weight is 282 g/mol. The summed E-state index contributed by atoms with van der Waals surface area (Å²) in [7, 11) is 0. The lowest BCUT2D eigenvalue weighted by atomic mass is 10.2. The number of benzene rings is 1. The highest BCUT2D eigenvalue weighted by atomic mass is 15.1. The van der Waals surface area contributed by atoms with E-state index < -0.39 is 0 Å². The van der Waals surface area contributed by atoms with Crippen LogP contribution in [0.25, 0.3) is 10.9 Å². The summed E-state index contributed by atoms with van der Waals surface area (Å²) in [5.41, 5.74) is 3.89. The minimum absolute atomic E-state index is 0.862. The smallest absolute Gasteiger partial charge is 0.0948 e. The van der Waals surface area contributed by atoms with Crippen molar-refractivity contribution >= 4 is 10.9 Å². The van der Waals surface area contributed by atoms with E-state index in [9.17, 15) is 0 Å². The first-order valence-electron chi connectivity index (χ1n) is 7.60. The largest absolute Gasteiger partial charge is 0.341 e. The van der Waals surface area contributed by atoms with Gasteiger partial charge in [0.05, 0.1) is 18.6 Å². The van der Waals surface area contributed by atoms with Gasteiger partial charge in [-0.3, -0.25) is 0 Å². The highest BCUT2D eigenvalue weighted by Crippen LogP contribution is 2.22. The van der Waals surface area contributed by atoms with E-state index in [4.69, 9.17) is 0 Å². The van der Waals surface area contributed by atoms with E-state index >= 15 is 0 Å². The Balaban J connectivity index is 1.98. The molecule has 21 heavy (non-hydrogen) atoms. The number of nitrogens with one attached hydrogen (secondary N) is 1. The fourth-order valence-electron chi connectivity index (χ4n) is 2.79. The number of fused-ring (bicyclic) bond motifs is 1. The fourth-order valence-corrected chi connectivity index (χ4v) is 2.79. The molecule has 0 atom stereocenters. The first-order valence-corrected chi connectivity index (χ1v) is 7.60. The Morgan fingerprint density at radius 1 is 1.14 bits per heavy atom. The number of aryl methyl sites for hydroxylation is 1. The summed E-state index contributed by atoms with van der Waals surface area (Å²) in [4.78, 5) is 4.26. The molecule has 0 unspecified atom stereocenters. The zero-order valence-corrected chi connectivity index (χ0v) is 12.7. The first-order chi connectivity index (χ1) is 10.3. The molecule has 1 aromatic carbocycles. The van der Waals surface area contributed by atoms with Crippen molar-refractivity contribution in [3.05, 3.63) is 54.2 Å². The Kier molecular flexibility index (Phi) is 4.06. The maximum absolute atomic E-state index is 4.26. The zero-order valence-electron chi connectivity index (χ0n) is 12.7. The zero-order chi connectivity index (χ0) is 14.7. The van der Waals surface area contributed by atoms with E-state index in [1.54, 1.807) is 0 Å². The predicted molar refractivity (Wildman–Crippen MR) is 86.3 cm³/mol. The van der Waals surface area contributed by atoms with Crippen molar-refractivity contribution in [1.29, 1.82) is 0 Å². The van der Waals surface area contributed by atoms with Gasteiger partial charge in [-0.05, 0) is 25.1 Å². The van der Waals surface area contributed by atoms with Gasteiger partial charge in [0.2, 0.25) is 0 Å². The Hall–Kier alpha value is -2.07. The number of aromatic nitrogens is 3. The Morgan fingerprint density at radius 2 is 2.00 bits per heavy atom. The van der Waals surface area contributed by atoms with Gasteiger partial charge < -0.3 is 14.5 Å². The van der Waals surface area contributed by atoms with Gasteiger partial charge in [0, 0.05) is 36.4 Å². The van der Waals surface area contributed by atoms with Crippen molar-refractivity contribution in [2.75, 3.05) is 6.54 Å². The molecule has 0 aliphatic rings. The van der Waals surface area contributed by atoms with Crippen molar-refractivity contribution in [1.82, 2.24) is 19.4 Å². The van der Waals surface area contributed by atoms with Crippen LogP contribution in [0, 0.1) is 0 Å². The number of rotatable bonds is 6. The highest BCUT2D eigenvalue weighted by molar-refractivity contribution is 5.84. The second-order valence-corrected chi connectivity index (χ2v) is 5.25. The minimum Gasteiger partial charge on any atom is -0.341 e. The van der Waals surface area contributed by atoms with Gasteiger partial charge in [0.25, 0.3) is 0 Å². The SMILES string of the molecule is CCNCc1cn(Cc2cncn2CC)c2ccccc12. The summed E-state index contributed by atoms with van der Waals surface area (Å²) in [6, 6.07) is 8.61. The molecule has 0 amide bonds. The topological polar surface area (TPSA) is 34.8 Å². The molecule has 3 aromatic rings. The molecule has 0 spiro atoms. The van der Waals surface area contributed by atoms with Crippen molar-refractivity contribution in [2.24, 2.45) is 0 Å². The summed E-state index contributed by atoms with van der Waals surface area (Å²) in [6.45, 7) is 8.01. The Labute approximate surface area is 125 Å². The standard InChI is InChI=1S/C17H22N4/c1-3-18-9-14-11-21(17-8-6-5-7-16(14)17)12-15-10-19-13-20(15)4-2/h5-8,10-11,13,18H,3-4,9,12H2,1-2H3. The van der Waals surface area contributed by atoms with Gasteiger partial charge in [0.1, 0.15) is 0 Å². The molecule has 4 nitrogen and oxygen atoms in total. The van der Waals surface area contributed by atoms with Gasteiger partial charge in [-0.25, -0.2) is 4.98 Å². The van der Waals surface area contributed by atoms with Crippen LogP contribution >= 0.6 is 0 Å². The van der Waals surface area contributed by atoms with Crippen LogP contribution in [0.2, 0.25) is 0 Å². The van der Waals surface area contributed by atoms with E-state index in [0.717, 1.165) is 26.2 Å². The maximum atomic E-state index is 4.26. The number of nitrogens with zero attached hydrogens (tertiary/aromatic N) is 3. The summed E-state index contributed by atoms with van der Waals surface area (Å²) < 4.78 is 4.52. The van der Waals surface area contributed by atoms with Crippen molar-refractivity contribution in [2.45, 2.75) is 33.5 Å². The lowest BCUT2D eigenvalue weighted by Gasteiger charge is -2.07. The molecule has 110 valence electrons. The third kappa shape index (κ3) is 2.72. The number of hydrogen-bond acceptors (Lipinski definition) is 2. The normalized spacial score (nSPS) is 11.3. The van der Waals surface area contributed by atoms with E-state index in [2.05, 4.69) is 63.7 Å². The average Bonchev–Trinajstić information content (AvgIpc) is 3.11. The second kappa shape index (κ2) is 6.14. The molecule has 4 heteroatoms. The van der Waals surface area contributed by atoms with E-state index in [1.165, 1.54) is 22.2 Å². The highest BCUT2D eigenvalue weighted by Gasteiger charge is 2.09. The lowest BCUT2D eigenvalue weighted by Crippen LogP contribution is -2.11. The molecule has 0 aliphatic heterocycles. The van der Waals surface area contributed by atoms with Crippen LogP contribution in [-0.2, 0) is 19.6 Å². The molecule has 0 radical (unpaired) electrons. The van der Waals surface area contributed by atoms with Crippen LogP contribution in [0.1, 0.15) is 25.1 Å². The summed E-state index contributed by atoms with van der Waals surface area (Å²) in [6.07, 6.45) is 6.13. The van der Waals surface area contributed by atoms with Gasteiger partial charge in [-0.15, -0.1) is 0 Å². The third-order valence-corrected chi connectivity index (χ3v) is 3.91. The number of hydrogen-bond donors (Lipinski definition) is 1. The van der Waals surface area contributed by atoms with Gasteiger partial charge >= 0.3 is 0 Å². The molecule has 2 aromatic heterocycles. The maximum Gasteiger partial charge on any atom is 0.0948 e. The van der Waals surface area contributed by atoms with Crippen LogP contribution in [0.4, 0.5) is 0 Å². The van der Waals surface area contributed by atoms with Gasteiger partial charge in [0.15, 0.2) is 0 Å². The quantitative estimate of drug-likeness (QED) is 0.754. The molecule has 0 saturated heterocycles. The molecule has 1 N–H and O–H groups in total. The molecule has 0 saturated carbocycles. The van der Waals surface area contributed by atoms with Gasteiger partial charge in [-0.1, -0.05) is 25.1 Å². The molecule has 3 rings (SSSR count). The van der Waals surface area contributed by atoms with E-state index in [1.807, 2.05) is 12.5 Å². The molecule has 0 bridgehead atoms. The molecule has 2 heterocycles. The summed E-state index contributed by atoms with van der Waals surface area (Å²) in [5.74, 6) is 0. The van der Waals surface area contributed by atoms with Crippen LogP contribution in [0.5, 0.6) is 0 Å². The van der Waals surface area contributed by atoms with E-state index in [-0.39, 0.29) is 0 Å². The second-order valence-electron chi connectivity index (χ2n) is 5.25. The number of para-hydroxylation sites is 1. The molecule has 0 aliphatic carbocycles. The van der Waals surface area contributed by atoms with E-state index in [0.29, 0.717) is 0 Å². The monoisotopic (exact) mass is 282 g/mol. The van der Waals surface area contributed by atoms with Crippen LogP contribution in [0.15, 0.2) is 43.0 Å². The lowest BCUT2D eigenvalue weighted by molar-refractivity contribution is 0.675. The Bertz CT molecular complexity index is 723. The number of imidazole rings is 1. The summed E-state index contributed by atoms with van der Waals surface area (Å²) >= 11 is 0. The summed E-state index contributed by atoms with van der Waals surface area (Å²) in [5, 5.41) is 4.75. The molecular formula is C17H22N4. The van der Waals surface area contributed by atoms with Gasteiger partial charge in [-0.2, -0.15) is 0 Å². The van der Waals surface area contributed by atoms with Crippen LogP contribution in [-0.4, -0.2) is 20.7 Å². The Morgan fingerprint density at radius 3 is 2.81 bits per heavy atom. The minimum atomic E-state index is 0.862. The van der Waals surface area contributed by atoms with Crippen LogP contribution < -0.4 is 5.32 Å². The fraction of sp³-hybridized carbons (Fsp3) is 0.353. The predicted octanol–water partition coefficient (Wildman–Crippen LogP) is 3.02. The first kappa shape index (κ1) is 13.9. The van der Waals surface area contributed by atoms with Crippen LogP contribution in [0.3, 0.4) is 0 Å². The van der Waals surface area contributed by atoms with Crippen molar-refractivity contribution in [3.8, 4) is 0 Å².